The van der Waals surface area contributed by atoms with E-state index in [0.29, 0.717) is 28.6 Å². The molecule has 1 aromatic carbocycles. The highest BCUT2D eigenvalue weighted by molar-refractivity contribution is 6.31. The number of carbonyl (C=O) groups is 1. The van der Waals surface area contributed by atoms with Gasteiger partial charge in [0.2, 0.25) is 5.91 Å². The van der Waals surface area contributed by atoms with Crippen LogP contribution >= 0.6 is 11.6 Å². The highest BCUT2D eigenvalue weighted by Gasteiger charge is 2.12. The van der Waals surface area contributed by atoms with Crippen molar-refractivity contribution in [3.63, 3.8) is 0 Å². The van der Waals surface area contributed by atoms with Gasteiger partial charge < -0.3 is 16.3 Å². The third-order valence-electron chi connectivity index (χ3n) is 2.87. The molecule has 0 bridgehead atoms. The minimum atomic E-state index is -0.122. The summed E-state index contributed by atoms with van der Waals surface area (Å²) in [6.07, 6.45) is 1.34. The summed E-state index contributed by atoms with van der Waals surface area (Å²) in [7, 11) is 0. The molecule has 0 aliphatic carbocycles. The highest BCUT2D eigenvalue weighted by atomic mass is 35.5. The lowest BCUT2D eigenvalue weighted by Gasteiger charge is -2.12. The summed E-state index contributed by atoms with van der Waals surface area (Å²) in [5, 5.41) is 14.9. The topological polar surface area (TPSA) is 87.7 Å². The first-order valence-corrected chi connectivity index (χ1v) is 6.43. The fourth-order valence-corrected chi connectivity index (χ4v) is 1.73. The van der Waals surface area contributed by atoms with Crippen LogP contribution in [0.1, 0.15) is 32.3 Å². The fourth-order valence-electron chi connectivity index (χ4n) is 1.56. The number of anilines is 1. The Morgan fingerprint density at radius 3 is 2.84 bits per heavy atom. The maximum atomic E-state index is 11.9. The van der Waals surface area contributed by atoms with E-state index in [1.165, 1.54) is 0 Å². The molecular weight excluding hydrogens is 266 g/mol. The number of amides is 1. The lowest BCUT2D eigenvalue weighted by atomic mass is 10.0. The van der Waals surface area contributed by atoms with Crippen molar-refractivity contribution in [2.75, 3.05) is 5.32 Å². The summed E-state index contributed by atoms with van der Waals surface area (Å²) < 4.78 is 0. The van der Waals surface area contributed by atoms with Crippen molar-refractivity contribution in [2.45, 2.75) is 26.7 Å². The first-order valence-electron chi connectivity index (χ1n) is 6.05. The van der Waals surface area contributed by atoms with Crippen molar-refractivity contribution in [2.24, 2.45) is 16.8 Å². The minimum absolute atomic E-state index is 0.0736. The van der Waals surface area contributed by atoms with Crippen LogP contribution < -0.4 is 11.1 Å². The van der Waals surface area contributed by atoms with Crippen LogP contribution in [0.25, 0.3) is 0 Å². The molecule has 0 aliphatic heterocycles. The lowest BCUT2D eigenvalue weighted by molar-refractivity contribution is -0.117. The Kier molecular flexibility index (Phi) is 5.63. The van der Waals surface area contributed by atoms with Gasteiger partial charge in [-0.3, -0.25) is 4.79 Å². The number of nitrogens with one attached hydrogen (secondary N) is 1. The van der Waals surface area contributed by atoms with E-state index in [2.05, 4.69) is 10.5 Å². The quantitative estimate of drug-likeness (QED) is 0.336. The second-order valence-electron chi connectivity index (χ2n) is 4.44. The highest BCUT2D eigenvalue weighted by Crippen LogP contribution is 2.21. The van der Waals surface area contributed by atoms with Crippen LogP contribution in [0, 0.1) is 5.92 Å². The van der Waals surface area contributed by atoms with Crippen LogP contribution in [0.5, 0.6) is 0 Å². The number of hydrogen-bond donors (Lipinski definition) is 3. The summed E-state index contributed by atoms with van der Waals surface area (Å²) in [5.74, 6) is 0.102. The smallest absolute Gasteiger partial charge is 0.224 e. The second kappa shape index (κ2) is 6.99. The van der Waals surface area contributed by atoms with Gasteiger partial charge in [-0.1, -0.05) is 37.0 Å². The zero-order valence-corrected chi connectivity index (χ0v) is 11.7. The maximum Gasteiger partial charge on any atom is 0.224 e. The van der Waals surface area contributed by atoms with Crippen LogP contribution in [0.2, 0.25) is 5.02 Å². The Morgan fingerprint density at radius 2 is 2.26 bits per heavy atom. The molecule has 1 unspecified atom stereocenters. The third-order valence-corrected chi connectivity index (χ3v) is 3.11. The van der Waals surface area contributed by atoms with Gasteiger partial charge in [0.1, 0.15) is 0 Å². The molecule has 1 atom stereocenters. The number of amidine groups is 1. The van der Waals surface area contributed by atoms with E-state index in [1.54, 1.807) is 18.2 Å². The van der Waals surface area contributed by atoms with Crippen molar-refractivity contribution in [1.82, 2.24) is 0 Å². The molecule has 0 aliphatic rings. The molecule has 0 aromatic heterocycles. The van der Waals surface area contributed by atoms with Gasteiger partial charge in [0.15, 0.2) is 5.84 Å². The van der Waals surface area contributed by atoms with Crippen LogP contribution in [0.15, 0.2) is 23.4 Å². The number of oxime groups is 1. The molecule has 4 N–H and O–H groups in total. The van der Waals surface area contributed by atoms with Crippen LogP contribution in [-0.2, 0) is 4.79 Å². The first-order chi connectivity index (χ1) is 8.97. The van der Waals surface area contributed by atoms with E-state index in [-0.39, 0.29) is 11.7 Å². The number of benzene rings is 1. The van der Waals surface area contributed by atoms with E-state index in [0.717, 1.165) is 6.42 Å². The van der Waals surface area contributed by atoms with Crippen molar-refractivity contribution in [3.8, 4) is 0 Å². The molecule has 0 fully saturated rings. The predicted molar refractivity (Wildman–Crippen MR) is 76.7 cm³/mol. The summed E-state index contributed by atoms with van der Waals surface area (Å²) in [4.78, 5) is 11.9. The van der Waals surface area contributed by atoms with Gasteiger partial charge in [-0.25, -0.2) is 0 Å². The van der Waals surface area contributed by atoms with Crippen molar-refractivity contribution < 1.29 is 10.0 Å². The molecular formula is C13H18ClN3O2. The summed E-state index contributed by atoms with van der Waals surface area (Å²) in [5.41, 5.74) is 6.43. The molecule has 0 saturated carbocycles. The van der Waals surface area contributed by atoms with Crippen molar-refractivity contribution in [1.29, 1.82) is 0 Å². The van der Waals surface area contributed by atoms with E-state index >= 15 is 0 Å². The van der Waals surface area contributed by atoms with Gasteiger partial charge in [0, 0.05) is 17.0 Å². The molecule has 0 spiro atoms. The Balaban J connectivity index is 2.93. The monoisotopic (exact) mass is 283 g/mol. The van der Waals surface area contributed by atoms with Crippen molar-refractivity contribution >= 4 is 29.0 Å². The van der Waals surface area contributed by atoms with Gasteiger partial charge in [-0.2, -0.15) is 0 Å². The van der Waals surface area contributed by atoms with E-state index in [9.17, 15) is 4.79 Å². The van der Waals surface area contributed by atoms with E-state index in [1.807, 2.05) is 13.8 Å². The van der Waals surface area contributed by atoms with Gasteiger partial charge in [0.25, 0.3) is 0 Å². The normalized spacial score (nSPS) is 13.1. The van der Waals surface area contributed by atoms with Gasteiger partial charge >= 0.3 is 0 Å². The molecule has 1 rings (SSSR count). The second-order valence-corrected chi connectivity index (χ2v) is 4.88. The molecule has 1 aromatic rings. The summed E-state index contributed by atoms with van der Waals surface area (Å²) in [6.45, 7) is 4.03. The zero-order valence-electron chi connectivity index (χ0n) is 11.0. The lowest BCUT2D eigenvalue weighted by Crippen LogP contribution is -2.20. The van der Waals surface area contributed by atoms with E-state index < -0.39 is 0 Å². The van der Waals surface area contributed by atoms with Gasteiger partial charge in [-0.05, 0) is 24.1 Å². The average molecular weight is 284 g/mol. The minimum Gasteiger partial charge on any atom is -0.409 e. The molecule has 19 heavy (non-hydrogen) atoms. The molecule has 1 amide bonds. The van der Waals surface area contributed by atoms with Crippen LogP contribution in [0.4, 0.5) is 5.69 Å². The number of rotatable bonds is 5. The maximum absolute atomic E-state index is 11.9. The Hall–Kier alpha value is -1.75. The molecule has 0 saturated heterocycles. The molecule has 6 heteroatoms. The van der Waals surface area contributed by atoms with Crippen LogP contribution in [-0.4, -0.2) is 17.0 Å². The molecule has 104 valence electrons. The largest absolute Gasteiger partial charge is 0.409 e. The Bertz CT molecular complexity index is 489. The Morgan fingerprint density at radius 1 is 1.58 bits per heavy atom. The number of halogens is 1. The Labute approximate surface area is 117 Å². The summed E-state index contributed by atoms with van der Waals surface area (Å²) in [6, 6.07) is 4.78. The van der Waals surface area contributed by atoms with E-state index in [4.69, 9.17) is 22.5 Å². The van der Waals surface area contributed by atoms with Crippen LogP contribution in [0.3, 0.4) is 0 Å². The molecule has 5 nitrogen and oxygen atoms in total. The SMILES string of the molecule is CCC(C)CC(=O)Nc1cc(Cl)ccc1/C(N)=N/O. The molecule has 0 radical (unpaired) electrons. The number of carbonyl (C=O) groups excluding carboxylic acids is 1. The predicted octanol–water partition coefficient (Wildman–Crippen LogP) is 2.81. The number of nitrogens with zero attached hydrogens (tertiary/aromatic N) is 1. The average Bonchev–Trinajstić information content (AvgIpc) is 2.37. The van der Waals surface area contributed by atoms with Gasteiger partial charge in [0.05, 0.1) is 5.69 Å². The first kappa shape index (κ1) is 15.3. The zero-order chi connectivity index (χ0) is 14.4. The summed E-state index contributed by atoms with van der Waals surface area (Å²) >= 11 is 5.89. The van der Waals surface area contributed by atoms with Gasteiger partial charge in [-0.15, -0.1) is 0 Å². The fraction of sp³-hybridized carbons (Fsp3) is 0.385. The number of nitrogens with two attached hydrogens (primary N) is 1. The standard InChI is InChI=1S/C13H18ClN3O2/c1-3-8(2)6-12(18)16-11-7-9(14)4-5-10(11)13(15)17-19/h4-5,7-8,19H,3,6H2,1-2H3,(H2,15,17)(H,16,18). The molecule has 0 heterocycles. The number of hydrogen-bond acceptors (Lipinski definition) is 3. The third kappa shape index (κ3) is 4.44. The van der Waals surface area contributed by atoms with Crippen molar-refractivity contribution in [3.05, 3.63) is 28.8 Å².